The van der Waals surface area contributed by atoms with Gasteiger partial charge in [0.25, 0.3) is 5.91 Å². The molecule has 1 unspecified atom stereocenters. The second-order valence-electron chi connectivity index (χ2n) is 6.04. The van der Waals surface area contributed by atoms with E-state index in [9.17, 15) is 9.59 Å². The van der Waals surface area contributed by atoms with Crippen LogP contribution in [0.5, 0.6) is 0 Å². The quantitative estimate of drug-likeness (QED) is 0.721. The summed E-state index contributed by atoms with van der Waals surface area (Å²) in [6.45, 7) is 0. The highest BCUT2D eigenvalue weighted by atomic mass is 35.5. The van der Waals surface area contributed by atoms with Gasteiger partial charge in [0.15, 0.2) is 0 Å². The molecule has 4 nitrogen and oxygen atoms in total. The molecule has 4 rings (SSSR count). The number of hydrogen-bond donors (Lipinski definition) is 1. The highest BCUT2D eigenvalue weighted by molar-refractivity contribution is 6.31. The summed E-state index contributed by atoms with van der Waals surface area (Å²) < 4.78 is 0. The summed E-state index contributed by atoms with van der Waals surface area (Å²) in [4.78, 5) is 26.1. The molecule has 3 amide bonds. The number of anilines is 1. The lowest BCUT2D eigenvalue weighted by molar-refractivity contribution is -0.118. The van der Waals surface area contributed by atoms with Crippen LogP contribution in [-0.2, 0) is 11.2 Å². The third-order valence-electron chi connectivity index (χ3n) is 4.34. The van der Waals surface area contributed by atoms with Crippen LogP contribution in [-0.4, -0.2) is 18.0 Å². The second-order valence-corrected chi connectivity index (χ2v) is 6.48. The highest BCUT2D eigenvalue weighted by Gasteiger charge is 2.38. The zero-order valence-corrected chi connectivity index (χ0v) is 14.0. The lowest BCUT2D eigenvalue weighted by Crippen LogP contribution is -2.32. The number of rotatable bonds is 3. The Labute approximate surface area is 150 Å². The van der Waals surface area contributed by atoms with Gasteiger partial charge >= 0.3 is 6.03 Å². The van der Waals surface area contributed by atoms with Crippen LogP contribution in [0.2, 0.25) is 5.02 Å². The standard InChI is InChI=1S/C20H15ClN2O2/c21-16-6-3-7-17(12-16)23-19(24)18(22-20(23)25)11-13-8-9-14-4-1-2-5-15(14)10-13/h1-10,12,18H,11H2,(H,22,25). The number of imide groups is 1. The molecular formula is C20H15ClN2O2. The summed E-state index contributed by atoms with van der Waals surface area (Å²) in [5.74, 6) is -0.263. The van der Waals surface area contributed by atoms with Gasteiger partial charge in [-0.15, -0.1) is 0 Å². The predicted molar refractivity (Wildman–Crippen MR) is 98.9 cm³/mol. The summed E-state index contributed by atoms with van der Waals surface area (Å²) in [6, 6.07) is 19.9. The first-order valence-electron chi connectivity index (χ1n) is 7.99. The molecule has 25 heavy (non-hydrogen) atoms. The van der Waals surface area contributed by atoms with Gasteiger partial charge in [-0.3, -0.25) is 4.79 Å². The third kappa shape index (κ3) is 2.96. The van der Waals surface area contributed by atoms with E-state index in [-0.39, 0.29) is 5.91 Å². The van der Waals surface area contributed by atoms with Crippen LogP contribution in [0.3, 0.4) is 0 Å². The van der Waals surface area contributed by atoms with Crippen molar-refractivity contribution in [2.75, 3.05) is 4.90 Å². The van der Waals surface area contributed by atoms with Gasteiger partial charge in [0, 0.05) is 11.4 Å². The van der Waals surface area contributed by atoms with E-state index in [1.165, 1.54) is 0 Å². The number of benzene rings is 3. The molecule has 1 N–H and O–H groups in total. The topological polar surface area (TPSA) is 49.4 Å². The van der Waals surface area contributed by atoms with E-state index in [0.29, 0.717) is 17.1 Å². The first-order valence-corrected chi connectivity index (χ1v) is 8.37. The number of carbonyl (C=O) groups excluding carboxylic acids is 2. The molecule has 0 aromatic heterocycles. The molecule has 3 aromatic rings. The Morgan fingerprint density at radius 1 is 0.920 bits per heavy atom. The van der Waals surface area contributed by atoms with Crippen LogP contribution in [0.1, 0.15) is 5.56 Å². The number of hydrogen-bond acceptors (Lipinski definition) is 2. The Morgan fingerprint density at radius 3 is 2.52 bits per heavy atom. The third-order valence-corrected chi connectivity index (χ3v) is 4.57. The van der Waals surface area contributed by atoms with Gasteiger partial charge in [0.1, 0.15) is 6.04 Å². The van der Waals surface area contributed by atoms with Crippen molar-refractivity contribution >= 4 is 40.0 Å². The van der Waals surface area contributed by atoms with Gasteiger partial charge in [0.05, 0.1) is 5.69 Å². The van der Waals surface area contributed by atoms with Crippen LogP contribution in [0.15, 0.2) is 66.7 Å². The highest BCUT2D eigenvalue weighted by Crippen LogP contribution is 2.24. The van der Waals surface area contributed by atoms with Crippen molar-refractivity contribution in [3.05, 3.63) is 77.3 Å². The smallest absolute Gasteiger partial charge is 0.325 e. The Hall–Kier alpha value is -2.85. The van der Waals surface area contributed by atoms with Gasteiger partial charge in [0.2, 0.25) is 0 Å². The van der Waals surface area contributed by atoms with Gasteiger partial charge in [-0.05, 0) is 34.5 Å². The zero-order chi connectivity index (χ0) is 17.4. The van der Waals surface area contributed by atoms with Crippen LogP contribution < -0.4 is 10.2 Å². The molecular weight excluding hydrogens is 336 g/mol. The summed E-state index contributed by atoms with van der Waals surface area (Å²) >= 11 is 5.97. The SMILES string of the molecule is O=C1NC(Cc2ccc3ccccc3c2)C(=O)N1c1cccc(Cl)c1. The van der Waals surface area contributed by atoms with Crippen molar-refractivity contribution in [3.8, 4) is 0 Å². The van der Waals surface area contributed by atoms with Gasteiger partial charge in [-0.1, -0.05) is 60.1 Å². The Balaban J connectivity index is 1.59. The van der Waals surface area contributed by atoms with Crippen LogP contribution in [0.4, 0.5) is 10.5 Å². The molecule has 1 heterocycles. The minimum Gasteiger partial charge on any atom is -0.325 e. The zero-order valence-electron chi connectivity index (χ0n) is 13.3. The average Bonchev–Trinajstić information content (AvgIpc) is 2.88. The molecule has 5 heteroatoms. The van der Waals surface area contributed by atoms with Crippen LogP contribution in [0.25, 0.3) is 10.8 Å². The fourth-order valence-electron chi connectivity index (χ4n) is 3.13. The molecule has 3 aromatic carbocycles. The van der Waals surface area contributed by atoms with Crippen molar-refractivity contribution in [2.24, 2.45) is 0 Å². The molecule has 124 valence electrons. The monoisotopic (exact) mass is 350 g/mol. The summed E-state index contributed by atoms with van der Waals surface area (Å²) in [5.41, 5.74) is 1.49. The maximum Gasteiger partial charge on any atom is 0.329 e. The molecule has 0 saturated carbocycles. The second kappa shape index (κ2) is 6.22. The molecule has 0 aliphatic carbocycles. The molecule has 1 saturated heterocycles. The van der Waals surface area contributed by atoms with Crippen molar-refractivity contribution < 1.29 is 9.59 Å². The van der Waals surface area contributed by atoms with E-state index in [0.717, 1.165) is 21.2 Å². The molecule has 0 spiro atoms. The lowest BCUT2D eigenvalue weighted by atomic mass is 10.0. The van der Waals surface area contributed by atoms with E-state index in [2.05, 4.69) is 11.4 Å². The molecule has 0 radical (unpaired) electrons. The predicted octanol–water partition coefficient (Wildman–Crippen LogP) is 4.16. The molecule has 1 atom stereocenters. The summed E-state index contributed by atoms with van der Waals surface area (Å²) in [7, 11) is 0. The Kier molecular flexibility index (Phi) is 3.90. The fraction of sp³-hybridized carbons (Fsp3) is 0.100. The van der Waals surface area contributed by atoms with Crippen molar-refractivity contribution in [2.45, 2.75) is 12.5 Å². The number of halogens is 1. The van der Waals surface area contributed by atoms with Crippen LogP contribution in [0, 0.1) is 0 Å². The Morgan fingerprint density at radius 2 is 1.72 bits per heavy atom. The number of fused-ring (bicyclic) bond motifs is 1. The first kappa shape index (κ1) is 15.7. The number of nitrogens with one attached hydrogen (secondary N) is 1. The maximum absolute atomic E-state index is 12.7. The van der Waals surface area contributed by atoms with E-state index in [1.54, 1.807) is 24.3 Å². The largest absolute Gasteiger partial charge is 0.329 e. The summed E-state index contributed by atoms with van der Waals surface area (Å²) in [5, 5.41) is 5.51. The number of urea groups is 1. The maximum atomic E-state index is 12.7. The number of amides is 3. The minimum absolute atomic E-state index is 0.263. The minimum atomic E-state index is -0.576. The van der Waals surface area contributed by atoms with Crippen molar-refractivity contribution in [1.29, 1.82) is 0 Å². The molecule has 1 fully saturated rings. The molecule has 1 aliphatic heterocycles. The van der Waals surface area contributed by atoms with E-state index >= 15 is 0 Å². The Bertz CT molecular complexity index is 986. The van der Waals surface area contributed by atoms with Crippen molar-refractivity contribution in [1.82, 2.24) is 5.32 Å². The summed E-state index contributed by atoms with van der Waals surface area (Å²) in [6.07, 6.45) is 0.451. The van der Waals surface area contributed by atoms with Gasteiger partial charge in [-0.25, -0.2) is 9.69 Å². The normalized spacial score (nSPS) is 17.2. The van der Waals surface area contributed by atoms with E-state index < -0.39 is 12.1 Å². The van der Waals surface area contributed by atoms with E-state index in [1.807, 2.05) is 36.4 Å². The fourth-order valence-corrected chi connectivity index (χ4v) is 3.32. The lowest BCUT2D eigenvalue weighted by Gasteiger charge is -2.13. The average molecular weight is 351 g/mol. The van der Waals surface area contributed by atoms with E-state index in [4.69, 9.17) is 11.6 Å². The number of nitrogens with zero attached hydrogens (tertiary/aromatic N) is 1. The van der Waals surface area contributed by atoms with Gasteiger partial charge < -0.3 is 5.32 Å². The van der Waals surface area contributed by atoms with Gasteiger partial charge in [-0.2, -0.15) is 0 Å². The van der Waals surface area contributed by atoms with Crippen molar-refractivity contribution in [3.63, 3.8) is 0 Å². The van der Waals surface area contributed by atoms with Crippen LogP contribution >= 0.6 is 11.6 Å². The molecule has 0 bridgehead atoms. The first-order chi connectivity index (χ1) is 12.1. The number of carbonyl (C=O) groups is 2. The molecule has 1 aliphatic rings.